The van der Waals surface area contributed by atoms with E-state index in [9.17, 15) is 4.79 Å². The molecule has 1 fully saturated rings. The maximum atomic E-state index is 12.9. The lowest BCUT2D eigenvalue weighted by molar-refractivity contribution is -0.119. The van der Waals surface area contributed by atoms with E-state index in [1.54, 1.807) is 0 Å². The van der Waals surface area contributed by atoms with E-state index in [0.717, 1.165) is 30.8 Å². The number of hydrogen-bond donors (Lipinski definition) is 0. The van der Waals surface area contributed by atoms with Gasteiger partial charge in [0.1, 0.15) is 17.3 Å². The summed E-state index contributed by atoms with van der Waals surface area (Å²) in [7, 11) is -2.45. The van der Waals surface area contributed by atoms with Gasteiger partial charge in [0.15, 0.2) is 0 Å². The number of halogens is 1. The van der Waals surface area contributed by atoms with Gasteiger partial charge in [-0.3, -0.25) is 4.79 Å². The van der Waals surface area contributed by atoms with Crippen molar-refractivity contribution in [1.82, 2.24) is 0 Å². The molecule has 0 amide bonds. The second kappa shape index (κ2) is 8.14. The van der Waals surface area contributed by atoms with Crippen LogP contribution in [0.4, 0.5) is 0 Å². The lowest BCUT2D eigenvalue weighted by Crippen LogP contribution is -2.32. The first-order valence-corrected chi connectivity index (χ1v) is 17.6. The molecule has 1 aliphatic rings. The molecule has 0 radical (unpaired) electrons. The normalized spacial score (nSPS) is 24.9. The van der Waals surface area contributed by atoms with Gasteiger partial charge in [0.25, 0.3) is 0 Å². The van der Waals surface area contributed by atoms with Gasteiger partial charge in [-0.15, -0.1) is 11.6 Å². The first kappa shape index (κ1) is 21.0. The number of aryl methyl sites for hydroxylation is 1. The molecule has 1 saturated carbocycles. The molecule has 0 unspecified atom stereocenters. The highest BCUT2D eigenvalue weighted by atomic mass is 35.5. The summed E-state index contributed by atoms with van der Waals surface area (Å²) >= 11 is 5.80. The molecule has 0 aliphatic heterocycles. The average molecular weight is 399 g/mol. The molecular formula is C20H35ClO2Si2. The first-order valence-electron chi connectivity index (χ1n) is 9.67. The quantitative estimate of drug-likeness (QED) is 0.373. The van der Waals surface area contributed by atoms with Gasteiger partial charge in [-0.2, -0.15) is 0 Å². The van der Waals surface area contributed by atoms with Crippen molar-refractivity contribution in [2.75, 3.05) is 5.88 Å². The monoisotopic (exact) mass is 398 g/mol. The van der Waals surface area contributed by atoms with E-state index in [-0.39, 0.29) is 5.92 Å². The van der Waals surface area contributed by atoms with Crippen LogP contribution in [-0.4, -0.2) is 27.8 Å². The number of carbonyl (C=O) groups is 1. The minimum atomic E-state index is -1.25. The number of ketones is 1. The molecule has 5 heteroatoms. The van der Waals surface area contributed by atoms with Crippen LogP contribution in [0.25, 0.3) is 0 Å². The third-order valence-corrected chi connectivity index (χ3v) is 8.82. The van der Waals surface area contributed by atoms with E-state index in [4.69, 9.17) is 16.0 Å². The number of Topliss-reactive ketones (excluding diaryl/α,β-unsaturated/α-hetero) is 1. The van der Waals surface area contributed by atoms with Crippen LogP contribution < -0.4 is 0 Å². The van der Waals surface area contributed by atoms with Gasteiger partial charge in [-0.05, 0) is 30.4 Å². The van der Waals surface area contributed by atoms with E-state index >= 15 is 0 Å². The number of furan rings is 1. The standard InChI is InChI=1S/C20H35ClO2Si2/c1-24(2,3)13-15-12-18(22)20(17(15)14-25(4,5)6)19-10-9-16(23-19)8-7-11-21/h9-10,15,17,20H,7-8,11-14H2,1-6H3/t15-,17+,20-/m1/s1. The van der Waals surface area contributed by atoms with Crippen molar-refractivity contribution in [2.45, 2.75) is 76.6 Å². The van der Waals surface area contributed by atoms with Gasteiger partial charge in [0.2, 0.25) is 0 Å². The Balaban J connectivity index is 2.26. The smallest absolute Gasteiger partial charge is 0.144 e. The van der Waals surface area contributed by atoms with Crippen molar-refractivity contribution in [3.8, 4) is 0 Å². The zero-order chi connectivity index (χ0) is 18.8. The van der Waals surface area contributed by atoms with Gasteiger partial charge >= 0.3 is 0 Å². The minimum Gasteiger partial charge on any atom is -0.465 e. The van der Waals surface area contributed by atoms with Crippen LogP contribution in [0.2, 0.25) is 51.4 Å². The summed E-state index contributed by atoms with van der Waals surface area (Å²) in [5.41, 5.74) is 0. The Hall–Kier alpha value is -0.326. The molecule has 1 aromatic heterocycles. The lowest BCUT2D eigenvalue weighted by atomic mass is 9.90. The Morgan fingerprint density at radius 2 is 1.72 bits per heavy atom. The lowest BCUT2D eigenvalue weighted by Gasteiger charge is -2.31. The summed E-state index contributed by atoms with van der Waals surface area (Å²) in [4.78, 5) is 12.9. The van der Waals surface area contributed by atoms with E-state index < -0.39 is 16.1 Å². The number of alkyl halides is 1. The number of rotatable bonds is 8. The van der Waals surface area contributed by atoms with E-state index in [1.165, 1.54) is 12.1 Å². The second-order valence-corrected chi connectivity index (χ2v) is 21.6. The zero-order valence-electron chi connectivity index (χ0n) is 16.8. The summed E-state index contributed by atoms with van der Waals surface area (Å²) in [6.07, 6.45) is 2.53. The van der Waals surface area contributed by atoms with Crippen LogP contribution in [0.5, 0.6) is 0 Å². The third kappa shape index (κ3) is 6.11. The van der Waals surface area contributed by atoms with Crippen molar-refractivity contribution in [3.63, 3.8) is 0 Å². The highest BCUT2D eigenvalue weighted by Crippen LogP contribution is 2.48. The summed E-state index contributed by atoms with van der Waals surface area (Å²) < 4.78 is 6.11. The molecule has 2 nitrogen and oxygen atoms in total. The van der Waals surface area contributed by atoms with Crippen molar-refractivity contribution in [1.29, 1.82) is 0 Å². The topological polar surface area (TPSA) is 30.2 Å². The molecule has 142 valence electrons. The van der Waals surface area contributed by atoms with Gasteiger partial charge in [-0.25, -0.2) is 0 Å². The molecule has 1 aromatic rings. The zero-order valence-corrected chi connectivity index (χ0v) is 19.6. The summed E-state index contributed by atoms with van der Waals surface area (Å²) in [5.74, 6) is 3.95. The third-order valence-electron chi connectivity index (χ3n) is 5.11. The minimum absolute atomic E-state index is 0.0159. The highest BCUT2D eigenvalue weighted by Gasteiger charge is 2.47. The fourth-order valence-electron chi connectivity index (χ4n) is 4.36. The van der Waals surface area contributed by atoms with Gasteiger partial charge in [-0.1, -0.05) is 51.4 Å². The fraction of sp³-hybridized carbons (Fsp3) is 0.750. The van der Waals surface area contributed by atoms with Crippen LogP contribution in [0.3, 0.4) is 0 Å². The van der Waals surface area contributed by atoms with Gasteiger partial charge in [0.05, 0.1) is 5.92 Å². The second-order valence-electron chi connectivity index (χ2n) is 10.2. The van der Waals surface area contributed by atoms with E-state index in [2.05, 4.69) is 45.3 Å². The van der Waals surface area contributed by atoms with E-state index in [1.807, 2.05) is 6.07 Å². The molecule has 0 spiro atoms. The van der Waals surface area contributed by atoms with Crippen molar-refractivity contribution < 1.29 is 9.21 Å². The SMILES string of the molecule is C[Si](C)(C)C[C@H]1CC(=O)[C@H](c2ccc(CCCCl)o2)[C@H]1C[Si](C)(C)C. The molecule has 0 bridgehead atoms. The predicted octanol–water partition coefficient (Wildman–Crippen LogP) is 6.42. The Kier molecular flexibility index (Phi) is 6.83. The van der Waals surface area contributed by atoms with Crippen molar-refractivity contribution >= 4 is 33.5 Å². The molecule has 0 saturated heterocycles. The predicted molar refractivity (Wildman–Crippen MR) is 113 cm³/mol. The summed E-state index contributed by atoms with van der Waals surface area (Å²) in [6.45, 7) is 14.5. The Bertz CT molecular complexity index is 583. The molecule has 25 heavy (non-hydrogen) atoms. The Morgan fingerprint density at radius 1 is 1.08 bits per heavy atom. The van der Waals surface area contributed by atoms with Crippen LogP contribution >= 0.6 is 11.6 Å². The molecule has 2 rings (SSSR count). The van der Waals surface area contributed by atoms with E-state index in [0.29, 0.717) is 23.5 Å². The first-order chi connectivity index (χ1) is 11.5. The van der Waals surface area contributed by atoms with Gasteiger partial charge in [0, 0.05) is 34.9 Å². The molecule has 3 atom stereocenters. The summed E-state index contributed by atoms with van der Waals surface area (Å²) in [5, 5.41) is 0. The fourth-order valence-corrected chi connectivity index (χ4v) is 8.49. The maximum absolute atomic E-state index is 12.9. The highest BCUT2D eigenvalue weighted by molar-refractivity contribution is 6.76. The molecule has 0 N–H and O–H groups in total. The van der Waals surface area contributed by atoms with Crippen LogP contribution in [0, 0.1) is 11.8 Å². The Labute approximate surface area is 160 Å². The van der Waals surface area contributed by atoms with Crippen molar-refractivity contribution in [2.24, 2.45) is 11.8 Å². The summed E-state index contributed by atoms with van der Waals surface area (Å²) in [6, 6.07) is 6.58. The average Bonchev–Trinajstić information content (AvgIpc) is 2.99. The maximum Gasteiger partial charge on any atom is 0.144 e. The largest absolute Gasteiger partial charge is 0.465 e. The molecule has 1 aliphatic carbocycles. The number of carbonyl (C=O) groups excluding carboxylic acids is 1. The van der Waals surface area contributed by atoms with Crippen LogP contribution in [0.15, 0.2) is 16.5 Å². The van der Waals surface area contributed by atoms with Crippen LogP contribution in [0.1, 0.15) is 30.3 Å². The molecular weight excluding hydrogens is 364 g/mol. The van der Waals surface area contributed by atoms with Crippen LogP contribution in [-0.2, 0) is 11.2 Å². The number of hydrogen-bond acceptors (Lipinski definition) is 2. The molecule has 0 aromatic carbocycles. The molecule has 1 heterocycles. The van der Waals surface area contributed by atoms with Gasteiger partial charge < -0.3 is 4.42 Å². The Morgan fingerprint density at radius 3 is 2.28 bits per heavy atom. The van der Waals surface area contributed by atoms with Crippen molar-refractivity contribution in [3.05, 3.63) is 23.7 Å².